The normalized spacial score (nSPS) is 30.7. The number of hydrogen-bond acceptors (Lipinski definition) is 4. The third-order valence-electron chi connectivity index (χ3n) is 4.59. The Morgan fingerprint density at radius 3 is 2.44 bits per heavy atom. The largest absolute Gasteiger partial charge is 0.394 e. The van der Waals surface area contributed by atoms with Gasteiger partial charge in [0.1, 0.15) is 0 Å². The summed E-state index contributed by atoms with van der Waals surface area (Å²) < 4.78 is 0. The summed E-state index contributed by atoms with van der Waals surface area (Å²) >= 11 is 0. The van der Waals surface area contributed by atoms with Crippen molar-refractivity contribution in [2.45, 2.75) is 44.8 Å². The number of aliphatic hydroxyl groups is 1. The van der Waals surface area contributed by atoms with Gasteiger partial charge in [0.05, 0.1) is 6.61 Å². The molecule has 0 aromatic heterocycles. The molecule has 0 radical (unpaired) electrons. The van der Waals surface area contributed by atoms with Crippen molar-refractivity contribution in [3.63, 3.8) is 0 Å². The molecule has 1 aliphatic heterocycles. The first-order chi connectivity index (χ1) is 8.33. The highest BCUT2D eigenvalue weighted by Gasteiger charge is 2.35. The molecule has 4 heteroatoms. The molecule has 0 saturated carbocycles. The minimum atomic E-state index is -0.168. The van der Waals surface area contributed by atoms with E-state index in [4.69, 9.17) is 0 Å². The Bertz CT molecular complexity index is 253. The number of aliphatic hydroxyl groups excluding tert-OH is 1. The monoisotopic (exact) mass is 257 g/mol. The van der Waals surface area contributed by atoms with E-state index in [2.05, 4.69) is 50.0 Å². The molecule has 4 nitrogen and oxygen atoms in total. The maximum Gasteiger partial charge on any atom is 0.0611 e. The molecule has 0 amide bonds. The number of rotatable bonds is 6. The van der Waals surface area contributed by atoms with Gasteiger partial charge in [-0.1, -0.05) is 6.92 Å². The van der Waals surface area contributed by atoms with E-state index in [9.17, 15) is 5.11 Å². The van der Waals surface area contributed by atoms with E-state index in [-0.39, 0.29) is 12.1 Å². The molecule has 18 heavy (non-hydrogen) atoms. The summed E-state index contributed by atoms with van der Waals surface area (Å²) in [5.74, 6) is 0.720. The van der Waals surface area contributed by atoms with E-state index >= 15 is 0 Å². The van der Waals surface area contributed by atoms with Gasteiger partial charge in [-0.15, -0.1) is 0 Å². The van der Waals surface area contributed by atoms with E-state index in [1.54, 1.807) is 0 Å². The van der Waals surface area contributed by atoms with Gasteiger partial charge in [-0.3, -0.25) is 4.90 Å². The lowest BCUT2D eigenvalue weighted by Gasteiger charge is -2.34. The second-order valence-electron chi connectivity index (χ2n) is 6.48. The van der Waals surface area contributed by atoms with Crippen LogP contribution in [0, 0.1) is 5.92 Å². The molecule has 4 unspecified atom stereocenters. The van der Waals surface area contributed by atoms with Crippen LogP contribution in [-0.4, -0.2) is 73.4 Å². The Kier molecular flexibility index (Phi) is 5.59. The molecule has 0 aromatic rings. The van der Waals surface area contributed by atoms with Crippen LogP contribution < -0.4 is 5.32 Å². The molecule has 0 aromatic carbocycles. The molecule has 108 valence electrons. The smallest absolute Gasteiger partial charge is 0.0611 e. The summed E-state index contributed by atoms with van der Waals surface area (Å²) in [6.07, 6.45) is 0.979. The highest BCUT2D eigenvalue weighted by molar-refractivity contribution is 4.92. The summed E-state index contributed by atoms with van der Waals surface area (Å²) in [7, 11) is 6.26. The van der Waals surface area contributed by atoms with Crippen LogP contribution in [0.5, 0.6) is 0 Å². The van der Waals surface area contributed by atoms with Gasteiger partial charge >= 0.3 is 0 Å². The van der Waals surface area contributed by atoms with Crippen LogP contribution in [0.4, 0.5) is 0 Å². The summed E-state index contributed by atoms with van der Waals surface area (Å²) in [6.45, 7) is 9.19. The minimum absolute atomic E-state index is 0.168. The fourth-order valence-corrected chi connectivity index (χ4v) is 3.05. The highest BCUT2D eigenvalue weighted by atomic mass is 16.3. The lowest BCUT2D eigenvalue weighted by molar-refractivity contribution is 0.128. The van der Waals surface area contributed by atoms with Crippen molar-refractivity contribution in [1.82, 2.24) is 15.1 Å². The Balaban J connectivity index is 2.56. The lowest BCUT2D eigenvalue weighted by atomic mass is 9.94. The fraction of sp³-hybridized carbons (Fsp3) is 1.00. The summed E-state index contributed by atoms with van der Waals surface area (Å²) in [5.41, 5.74) is -0.168. The van der Waals surface area contributed by atoms with E-state index < -0.39 is 0 Å². The fourth-order valence-electron chi connectivity index (χ4n) is 3.05. The molecule has 0 bridgehead atoms. The van der Waals surface area contributed by atoms with Crippen molar-refractivity contribution in [2.75, 3.05) is 40.8 Å². The molecule has 1 heterocycles. The molecule has 1 aliphatic rings. The molecule has 0 aliphatic carbocycles. The third kappa shape index (κ3) is 3.67. The van der Waals surface area contributed by atoms with Gasteiger partial charge in [-0.05, 0) is 47.3 Å². The van der Waals surface area contributed by atoms with Gasteiger partial charge in [0, 0.05) is 30.7 Å². The van der Waals surface area contributed by atoms with Crippen molar-refractivity contribution in [3.8, 4) is 0 Å². The van der Waals surface area contributed by atoms with Crippen molar-refractivity contribution in [1.29, 1.82) is 0 Å². The molecular weight excluding hydrogens is 226 g/mol. The molecule has 2 N–H and O–H groups in total. The number of nitrogens with one attached hydrogen (secondary N) is 1. The van der Waals surface area contributed by atoms with Crippen LogP contribution in [-0.2, 0) is 0 Å². The Hall–Kier alpha value is -0.160. The number of hydrogen-bond donors (Lipinski definition) is 2. The first kappa shape index (κ1) is 15.9. The Morgan fingerprint density at radius 1 is 1.44 bits per heavy atom. The van der Waals surface area contributed by atoms with E-state index in [1.165, 1.54) is 0 Å². The molecular formula is C14H31N3O. The Morgan fingerprint density at radius 2 is 2.06 bits per heavy atom. The maximum atomic E-state index is 9.48. The zero-order chi connectivity index (χ0) is 13.9. The van der Waals surface area contributed by atoms with Crippen molar-refractivity contribution < 1.29 is 5.11 Å². The zero-order valence-electron chi connectivity index (χ0n) is 12.9. The minimum Gasteiger partial charge on any atom is -0.394 e. The van der Waals surface area contributed by atoms with Crippen LogP contribution in [0.15, 0.2) is 0 Å². The predicted octanol–water partition coefficient (Wildman–Crippen LogP) is 0.617. The Labute approximate surface area is 112 Å². The van der Waals surface area contributed by atoms with Gasteiger partial charge in [0.2, 0.25) is 0 Å². The van der Waals surface area contributed by atoms with Gasteiger partial charge < -0.3 is 15.3 Å². The SMILES string of the molecule is CNC(C)(CO)CC(C)N1CC(C)C(N(C)C)C1. The predicted molar refractivity (Wildman–Crippen MR) is 76.8 cm³/mol. The van der Waals surface area contributed by atoms with Crippen molar-refractivity contribution >= 4 is 0 Å². The molecule has 1 saturated heterocycles. The van der Waals surface area contributed by atoms with Crippen LogP contribution in [0.25, 0.3) is 0 Å². The summed E-state index contributed by atoms with van der Waals surface area (Å²) in [5, 5.41) is 12.7. The summed E-state index contributed by atoms with van der Waals surface area (Å²) in [4.78, 5) is 4.89. The topological polar surface area (TPSA) is 38.7 Å². The second kappa shape index (κ2) is 6.33. The van der Waals surface area contributed by atoms with Gasteiger partial charge in [-0.25, -0.2) is 0 Å². The molecule has 0 spiro atoms. The quantitative estimate of drug-likeness (QED) is 0.731. The number of likely N-dealkylation sites (tertiary alicyclic amines) is 1. The van der Waals surface area contributed by atoms with Gasteiger partial charge in [-0.2, -0.15) is 0 Å². The van der Waals surface area contributed by atoms with Crippen molar-refractivity contribution in [2.24, 2.45) is 5.92 Å². The van der Waals surface area contributed by atoms with E-state index in [0.29, 0.717) is 12.1 Å². The zero-order valence-corrected chi connectivity index (χ0v) is 12.9. The highest BCUT2D eigenvalue weighted by Crippen LogP contribution is 2.25. The average Bonchev–Trinajstić information content (AvgIpc) is 2.71. The van der Waals surface area contributed by atoms with Crippen LogP contribution >= 0.6 is 0 Å². The van der Waals surface area contributed by atoms with Crippen LogP contribution in [0.3, 0.4) is 0 Å². The third-order valence-corrected chi connectivity index (χ3v) is 4.59. The standard InChI is InChI=1S/C14H31N3O/c1-11-8-17(9-13(11)16(5)6)12(2)7-14(3,10-18)15-4/h11-13,15,18H,7-10H2,1-6H3. The first-order valence-electron chi connectivity index (χ1n) is 7.03. The molecule has 1 rings (SSSR count). The number of nitrogens with zero attached hydrogens (tertiary/aromatic N) is 2. The van der Waals surface area contributed by atoms with Crippen LogP contribution in [0.1, 0.15) is 27.2 Å². The lowest BCUT2D eigenvalue weighted by Crippen LogP contribution is -2.49. The first-order valence-corrected chi connectivity index (χ1v) is 7.03. The molecule has 4 atom stereocenters. The van der Waals surface area contributed by atoms with Crippen LogP contribution in [0.2, 0.25) is 0 Å². The maximum absolute atomic E-state index is 9.48. The second-order valence-corrected chi connectivity index (χ2v) is 6.48. The average molecular weight is 257 g/mol. The van der Waals surface area contributed by atoms with E-state index in [1.807, 2.05) is 7.05 Å². The number of likely N-dealkylation sites (N-methyl/N-ethyl adjacent to an activating group) is 2. The van der Waals surface area contributed by atoms with Gasteiger partial charge in [0.15, 0.2) is 0 Å². The molecule has 1 fully saturated rings. The van der Waals surface area contributed by atoms with E-state index in [0.717, 1.165) is 25.4 Å². The summed E-state index contributed by atoms with van der Waals surface area (Å²) in [6, 6.07) is 1.16. The van der Waals surface area contributed by atoms with Crippen molar-refractivity contribution in [3.05, 3.63) is 0 Å². The van der Waals surface area contributed by atoms with Gasteiger partial charge in [0.25, 0.3) is 0 Å².